The number of ether oxygens (including phenoxy) is 1. The zero-order valence-corrected chi connectivity index (χ0v) is 5.87. The SMILES string of the molecule is CC1(Cl)CCOCC1. The lowest BCUT2D eigenvalue weighted by Crippen LogP contribution is -2.26. The Morgan fingerprint density at radius 2 is 1.88 bits per heavy atom. The van der Waals surface area contributed by atoms with Crippen molar-refractivity contribution in [1.29, 1.82) is 0 Å². The summed E-state index contributed by atoms with van der Waals surface area (Å²) in [5.74, 6) is 0. The van der Waals surface area contributed by atoms with Gasteiger partial charge in [0.1, 0.15) is 0 Å². The van der Waals surface area contributed by atoms with Crippen LogP contribution in [0, 0.1) is 0 Å². The van der Waals surface area contributed by atoms with Gasteiger partial charge in [-0.15, -0.1) is 11.6 Å². The predicted molar refractivity (Wildman–Crippen MR) is 34.3 cm³/mol. The quantitative estimate of drug-likeness (QED) is 0.459. The second-order valence-electron chi connectivity index (χ2n) is 2.53. The molecule has 48 valence electrons. The van der Waals surface area contributed by atoms with Crippen LogP contribution in [0.2, 0.25) is 0 Å². The van der Waals surface area contributed by atoms with Crippen LogP contribution in [0.5, 0.6) is 0 Å². The maximum atomic E-state index is 5.99. The van der Waals surface area contributed by atoms with Gasteiger partial charge in [-0.05, 0) is 19.8 Å². The zero-order valence-electron chi connectivity index (χ0n) is 5.11. The normalized spacial score (nSPS) is 27.8. The van der Waals surface area contributed by atoms with Gasteiger partial charge in [-0.1, -0.05) is 0 Å². The fraction of sp³-hybridized carbons (Fsp3) is 1.00. The summed E-state index contributed by atoms with van der Waals surface area (Å²) in [7, 11) is 0. The monoisotopic (exact) mass is 134 g/mol. The summed E-state index contributed by atoms with van der Waals surface area (Å²) in [5, 5.41) is 0. The van der Waals surface area contributed by atoms with Gasteiger partial charge < -0.3 is 4.74 Å². The summed E-state index contributed by atoms with van der Waals surface area (Å²) in [6, 6.07) is 0. The minimum absolute atomic E-state index is 0.0260. The summed E-state index contributed by atoms with van der Waals surface area (Å²) in [4.78, 5) is 0.0260. The minimum Gasteiger partial charge on any atom is -0.381 e. The average molecular weight is 135 g/mol. The molecule has 0 radical (unpaired) electrons. The van der Waals surface area contributed by atoms with Crippen molar-refractivity contribution in [2.24, 2.45) is 0 Å². The van der Waals surface area contributed by atoms with E-state index in [-0.39, 0.29) is 4.87 Å². The van der Waals surface area contributed by atoms with Gasteiger partial charge >= 0.3 is 0 Å². The molecule has 0 spiro atoms. The lowest BCUT2D eigenvalue weighted by molar-refractivity contribution is 0.0797. The van der Waals surface area contributed by atoms with Gasteiger partial charge in [-0.25, -0.2) is 0 Å². The highest BCUT2D eigenvalue weighted by Crippen LogP contribution is 2.26. The van der Waals surface area contributed by atoms with E-state index in [9.17, 15) is 0 Å². The summed E-state index contributed by atoms with van der Waals surface area (Å²) in [5.41, 5.74) is 0. The van der Waals surface area contributed by atoms with Gasteiger partial charge in [0.25, 0.3) is 0 Å². The molecule has 0 saturated carbocycles. The summed E-state index contributed by atoms with van der Waals surface area (Å²) < 4.78 is 5.12. The first kappa shape index (κ1) is 6.37. The lowest BCUT2D eigenvalue weighted by Gasteiger charge is -2.26. The topological polar surface area (TPSA) is 9.23 Å². The van der Waals surface area contributed by atoms with Crippen LogP contribution in [0.4, 0.5) is 0 Å². The van der Waals surface area contributed by atoms with Crippen LogP contribution in [0.3, 0.4) is 0 Å². The maximum absolute atomic E-state index is 5.99. The molecule has 0 aromatic rings. The van der Waals surface area contributed by atoms with Crippen molar-refractivity contribution < 1.29 is 4.74 Å². The fourth-order valence-electron chi connectivity index (χ4n) is 0.797. The summed E-state index contributed by atoms with van der Waals surface area (Å²) >= 11 is 5.99. The second kappa shape index (κ2) is 2.24. The maximum Gasteiger partial charge on any atom is 0.0482 e. The number of rotatable bonds is 0. The Kier molecular flexibility index (Phi) is 1.78. The molecule has 0 aliphatic carbocycles. The Labute approximate surface area is 55.0 Å². The van der Waals surface area contributed by atoms with E-state index in [2.05, 4.69) is 6.92 Å². The molecule has 1 saturated heterocycles. The van der Waals surface area contributed by atoms with Crippen LogP contribution in [0.25, 0.3) is 0 Å². The van der Waals surface area contributed by atoms with Crippen LogP contribution in [-0.2, 0) is 4.74 Å². The van der Waals surface area contributed by atoms with E-state index in [0.717, 1.165) is 26.1 Å². The van der Waals surface area contributed by atoms with Gasteiger partial charge in [0, 0.05) is 18.1 Å². The standard InChI is InChI=1S/C6H11ClO/c1-6(7)2-4-8-5-3-6/h2-5H2,1H3. The molecule has 0 atom stereocenters. The van der Waals surface area contributed by atoms with Gasteiger partial charge in [-0.2, -0.15) is 0 Å². The van der Waals surface area contributed by atoms with E-state index in [1.165, 1.54) is 0 Å². The van der Waals surface area contributed by atoms with Gasteiger partial charge in [-0.3, -0.25) is 0 Å². The molecule has 1 rings (SSSR count). The van der Waals surface area contributed by atoms with Crippen molar-refractivity contribution in [2.75, 3.05) is 13.2 Å². The number of alkyl halides is 1. The molecule has 1 aliphatic heterocycles. The first-order valence-corrected chi connectivity index (χ1v) is 3.35. The third-order valence-electron chi connectivity index (χ3n) is 1.54. The largest absolute Gasteiger partial charge is 0.381 e. The van der Waals surface area contributed by atoms with E-state index in [1.54, 1.807) is 0 Å². The predicted octanol–water partition coefficient (Wildman–Crippen LogP) is 1.79. The van der Waals surface area contributed by atoms with Crippen molar-refractivity contribution >= 4 is 11.6 Å². The van der Waals surface area contributed by atoms with E-state index in [4.69, 9.17) is 16.3 Å². The molecule has 0 unspecified atom stereocenters. The van der Waals surface area contributed by atoms with Crippen molar-refractivity contribution in [2.45, 2.75) is 24.6 Å². The Morgan fingerprint density at radius 1 is 1.38 bits per heavy atom. The van der Waals surface area contributed by atoms with E-state index < -0.39 is 0 Å². The van der Waals surface area contributed by atoms with Crippen LogP contribution in [0.15, 0.2) is 0 Å². The molecule has 1 fully saturated rings. The molecule has 2 heteroatoms. The third kappa shape index (κ3) is 1.64. The second-order valence-corrected chi connectivity index (χ2v) is 3.44. The highest BCUT2D eigenvalue weighted by Gasteiger charge is 2.23. The number of halogens is 1. The lowest BCUT2D eigenvalue weighted by atomic mass is 10.0. The smallest absolute Gasteiger partial charge is 0.0482 e. The van der Waals surface area contributed by atoms with Crippen LogP contribution < -0.4 is 0 Å². The summed E-state index contributed by atoms with van der Waals surface area (Å²) in [6.45, 7) is 3.73. The Balaban J connectivity index is 2.33. The van der Waals surface area contributed by atoms with Crippen molar-refractivity contribution in [3.8, 4) is 0 Å². The molecule has 0 bridgehead atoms. The van der Waals surface area contributed by atoms with Gasteiger partial charge in [0.2, 0.25) is 0 Å². The number of hydrogen-bond donors (Lipinski definition) is 0. The molecule has 0 aromatic carbocycles. The highest BCUT2D eigenvalue weighted by molar-refractivity contribution is 6.23. The van der Waals surface area contributed by atoms with E-state index >= 15 is 0 Å². The van der Waals surface area contributed by atoms with Crippen molar-refractivity contribution in [1.82, 2.24) is 0 Å². The first-order chi connectivity index (χ1) is 3.71. The minimum atomic E-state index is 0.0260. The Morgan fingerprint density at radius 3 is 2.12 bits per heavy atom. The molecule has 1 nitrogen and oxygen atoms in total. The van der Waals surface area contributed by atoms with Gasteiger partial charge in [0.05, 0.1) is 0 Å². The van der Waals surface area contributed by atoms with Crippen LogP contribution in [0.1, 0.15) is 19.8 Å². The molecule has 0 N–H and O–H groups in total. The molecular formula is C6H11ClO. The molecule has 1 heterocycles. The average Bonchev–Trinajstić information content (AvgIpc) is 1.65. The Hall–Kier alpha value is 0.250. The summed E-state index contributed by atoms with van der Waals surface area (Å²) in [6.07, 6.45) is 1.99. The van der Waals surface area contributed by atoms with E-state index in [1.807, 2.05) is 0 Å². The van der Waals surface area contributed by atoms with E-state index in [0.29, 0.717) is 0 Å². The van der Waals surface area contributed by atoms with Crippen LogP contribution >= 0.6 is 11.6 Å². The Bertz CT molecular complexity index is 72.6. The van der Waals surface area contributed by atoms with Crippen LogP contribution in [-0.4, -0.2) is 18.1 Å². The molecule has 0 aromatic heterocycles. The fourth-order valence-corrected chi connectivity index (χ4v) is 0.951. The zero-order chi connectivity index (χ0) is 6.04. The molecule has 8 heavy (non-hydrogen) atoms. The molecular weight excluding hydrogens is 124 g/mol. The van der Waals surface area contributed by atoms with Crippen molar-refractivity contribution in [3.05, 3.63) is 0 Å². The van der Waals surface area contributed by atoms with Gasteiger partial charge in [0.15, 0.2) is 0 Å². The molecule has 0 amide bonds. The molecule has 1 aliphatic rings. The first-order valence-electron chi connectivity index (χ1n) is 2.97. The highest BCUT2D eigenvalue weighted by atomic mass is 35.5. The number of hydrogen-bond acceptors (Lipinski definition) is 1. The van der Waals surface area contributed by atoms with Crippen molar-refractivity contribution in [3.63, 3.8) is 0 Å². The third-order valence-corrected chi connectivity index (χ3v) is 1.91.